The molecule has 5 rings (SSSR count). The Morgan fingerprint density at radius 2 is 1.68 bits per heavy atom. The molecule has 0 aliphatic carbocycles. The monoisotopic (exact) mass is 460 g/mol. The number of amides is 3. The van der Waals surface area contributed by atoms with E-state index in [1.54, 1.807) is 23.1 Å². The van der Waals surface area contributed by atoms with Gasteiger partial charge in [-0.25, -0.2) is 0 Å². The van der Waals surface area contributed by atoms with Gasteiger partial charge in [0.05, 0.1) is 23.1 Å². The van der Waals surface area contributed by atoms with E-state index in [1.807, 2.05) is 39.0 Å². The Bertz CT molecular complexity index is 1220. The molecule has 3 aliphatic rings. The van der Waals surface area contributed by atoms with E-state index in [0.717, 1.165) is 5.56 Å². The summed E-state index contributed by atoms with van der Waals surface area (Å²) < 4.78 is 6.30. The van der Waals surface area contributed by atoms with Gasteiger partial charge in [-0.3, -0.25) is 24.1 Å². The Morgan fingerprint density at radius 1 is 0.971 bits per heavy atom. The number of ketones is 1. The lowest BCUT2D eigenvalue weighted by Gasteiger charge is -2.44. The first kappa shape index (κ1) is 22.3. The quantitative estimate of drug-likeness (QED) is 0.649. The minimum Gasteiger partial charge on any atom is -0.486 e. The number of piperidine rings is 1. The van der Waals surface area contributed by atoms with E-state index in [4.69, 9.17) is 4.74 Å². The highest BCUT2D eigenvalue weighted by atomic mass is 16.5. The largest absolute Gasteiger partial charge is 0.486 e. The average molecular weight is 461 g/mol. The number of hydrogen-bond donors (Lipinski definition) is 0. The second-order valence-electron chi connectivity index (χ2n) is 10.1. The third kappa shape index (κ3) is 3.69. The summed E-state index contributed by atoms with van der Waals surface area (Å²) in [5.74, 6) is 0.0326. The van der Waals surface area contributed by atoms with Gasteiger partial charge in [0.1, 0.15) is 11.4 Å². The Hall–Kier alpha value is -3.48. The normalized spacial score (nSPS) is 18.9. The third-order valence-electron chi connectivity index (χ3n) is 6.97. The Labute approximate surface area is 198 Å². The second kappa shape index (κ2) is 8.08. The van der Waals surface area contributed by atoms with Gasteiger partial charge >= 0.3 is 0 Å². The summed E-state index contributed by atoms with van der Waals surface area (Å²) in [4.78, 5) is 54.4. The van der Waals surface area contributed by atoms with Crippen LogP contribution in [0.5, 0.6) is 5.75 Å². The molecule has 0 N–H and O–H groups in total. The van der Waals surface area contributed by atoms with Crippen LogP contribution in [0.15, 0.2) is 36.4 Å². The first-order chi connectivity index (χ1) is 16.2. The van der Waals surface area contributed by atoms with E-state index in [1.165, 1.54) is 4.90 Å². The maximum absolute atomic E-state index is 13.2. The van der Waals surface area contributed by atoms with Crippen molar-refractivity contribution < 1.29 is 23.9 Å². The smallest absolute Gasteiger partial charge is 0.261 e. The highest BCUT2D eigenvalue weighted by molar-refractivity contribution is 6.22. The van der Waals surface area contributed by atoms with Crippen LogP contribution in [0.3, 0.4) is 0 Å². The second-order valence-corrected chi connectivity index (χ2v) is 10.1. The number of likely N-dealkylation sites (tertiary alicyclic amines) is 1. The van der Waals surface area contributed by atoms with Crippen LogP contribution in [0.4, 0.5) is 0 Å². The first-order valence-electron chi connectivity index (χ1n) is 11.8. The minimum atomic E-state index is -0.589. The maximum atomic E-state index is 13.2. The molecule has 176 valence electrons. The van der Waals surface area contributed by atoms with E-state index in [9.17, 15) is 19.2 Å². The van der Waals surface area contributed by atoms with Crippen molar-refractivity contribution in [2.75, 3.05) is 19.6 Å². The van der Waals surface area contributed by atoms with Gasteiger partial charge in [0.2, 0.25) is 0 Å². The van der Waals surface area contributed by atoms with Crippen molar-refractivity contribution in [3.63, 3.8) is 0 Å². The number of nitrogens with zero attached hydrogens (tertiary/aromatic N) is 2. The fourth-order valence-electron chi connectivity index (χ4n) is 5.14. The van der Waals surface area contributed by atoms with Crippen molar-refractivity contribution in [1.82, 2.24) is 9.80 Å². The van der Waals surface area contributed by atoms with Crippen LogP contribution >= 0.6 is 0 Å². The number of aryl methyl sites for hydroxylation is 1. The van der Waals surface area contributed by atoms with Crippen LogP contribution in [0.1, 0.15) is 80.1 Å². The van der Waals surface area contributed by atoms with Gasteiger partial charge in [0.15, 0.2) is 5.78 Å². The number of carbonyl (C=O) groups excluding carboxylic acids is 4. The molecule has 1 spiro atoms. The standard InChI is InChI=1S/C27H28N2O5/c1-16(2)15-29-25(32)19-6-5-18(13-20(19)26(29)33)24(31)28-10-8-27(9-11-28)14-22(30)21-12-17(3)4-7-23(21)34-27/h4-7,12-13,16H,8-11,14-15H2,1-3H3. The van der Waals surface area contributed by atoms with Crippen LogP contribution in [0, 0.1) is 12.8 Å². The first-order valence-corrected chi connectivity index (χ1v) is 11.8. The molecule has 0 unspecified atom stereocenters. The molecular formula is C27H28N2O5. The van der Waals surface area contributed by atoms with E-state index >= 15 is 0 Å². The fourth-order valence-corrected chi connectivity index (χ4v) is 5.14. The van der Waals surface area contributed by atoms with Crippen molar-refractivity contribution in [1.29, 1.82) is 0 Å². The number of hydrogen-bond acceptors (Lipinski definition) is 5. The molecule has 1 fully saturated rings. The minimum absolute atomic E-state index is 0.0810. The molecule has 2 aromatic carbocycles. The van der Waals surface area contributed by atoms with Crippen molar-refractivity contribution in [2.24, 2.45) is 5.92 Å². The molecule has 7 nitrogen and oxygen atoms in total. The van der Waals surface area contributed by atoms with E-state index < -0.39 is 5.60 Å². The van der Waals surface area contributed by atoms with Crippen molar-refractivity contribution in [2.45, 2.75) is 45.6 Å². The summed E-state index contributed by atoms with van der Waals surface area (Å²) in [5.41, 5.74) is 2.10. The lowest BCUT2D eigenvalue weighted by Crippen LogP contribution is -2.52. The van der Waals surface area contributed by atoms with E-state index in [-0.39, 0.29) is 35.0 Å². The van der Waals surface area contributed by atoms with Gasteiger partial charge in [-0.15, -0.1) is 0 Å². The molecule has 1 saturated heterocycles. The van der Waals surface area contributed by atoms with Crippen LogP contribution in [-0.2, 0) is 0 Å². The predicted molar refractivity (Wildman–Crippen MR) is 125 cm³/mol. The third-order valence-corrected chi connectivity index (χ3v) is 6.97. The number of carbonyl (C=O) groups is 4. The zero-order chi connectivity index (χ0) is 24.2. The molecule has 0 aromatic heterocycles. The summed E-state index contributed by atoms with van der Waals surface area (Å²) in [6, 6.07) is 10.4. The van der Waals surface area contributed by atoms with Crippen molar-refractivity contribution >= 4 is 23.5 Å². The average Bonchev–Trinajstić information content (AvgIpc) is 3.04. The van der Waals surface area contributed by atoms with E-state index in [2.05, 4.69) is 0 Å². The number of rotatable bonds is 3. The summed E-state index contributed by atoms with van der Waals surface area (Å²) in [7, 11) is 0. The molecule has 3 amide bonds. The molecule has 0 atom stereocenters. The summed E-state index contributed by atoms with van der Waals surface area (Å²) in [6.07, 6.45) is 1.43. The molecule has 0 saturated carbocycles. The van der Waals surface area contributed by atoms with Gasteiger partial charge in [0, 0.05) is 38.0 Å². The number of fused-ring (bicyclic) bond motifs is 2. The van der Waals surface area contributed by atoms with Crippen molar-refractivity contribution in [3.8, 4) is 5.75 Å². The van der Waals surface area contributed by atoms with Crippen LogP contribution in [0.25, 0.3) is 0 Å². The van der Waals surface area contributed by atoms with Gasteiger partial charge in [-0.2, -0.15) is 0 Å². The van der Waals surface area contributed by atoms with Gasteiger partial charge in [-0.1, -0.05) is 25.5 Å². The zero-order valence-corrected chi connectivity index (χ0v) is 19.7. The fraction of sp³-hybridized carbons (Fsp3) is 0.407. The molecule has 34 heavy (non-hydrogen) atoms. The van der Waals surface area contributed by atoms with Gasteiger partial charge in [0.25, 0.3) is 17.7 Å². The zero-order valence-electron chi connectivity index (χ0n) is 19.7. The molecule has 3 aliphatic heterocycles. The maximum Gasteiger partial charge on any atom is 0.261 e. The highest BCUT2D eigenvalue weighted by Gasteiger charge is 2.44. The summed E-state index contributed by atoms with van der Waals surface area (Å²) in [5, 5.41) is 0. The SMILES string of the molecule is Cc1ccc2c(c1)C(=O)CC1(CCN(C(=O)c3ccc4c(c3)C(=O)N(CC(C)C)C4=O)CC1)O2. The number of Topliss-reactive ketones (excluding diaryl/α,β-unsaturated/α-hetero) is 1. The van der Waals surface area contributed by atoms with Gasteiger partial charge < -0.3 is 9.64 Å². The van der Waals surface area contributed by atoms with Crippen molar-refractivity contribution in [3.05, 3.63) is 64.2 Å². The molecular weight excluding hydrogens is 432 g/mol. The topological polar surface area (TPSA) is 84.0 Å². The predicted octanol–water partition coefficient (Wildman–Crippen LogP) is 3.89. The Balaban J connectivity index is 1.30. The highest BCUT2D eigenvalue weighted by Crippen LogP contribution is 2.40. The van der Waals surface area contributed by atoms with E-state index in [0.29, 0.717) is 61.3 Å². The molecule has 0 radical (unpaired) electrons. The Morgan fingerprint density at radius 3 is 2.38 bits per heavy atom. The lowest BCUT2D eigenvalue weighted by atomic mass is 9.82. The molecule has 3 heterocycles. The number of ether oxygens (including phenoxy) is 1. The van der Waals surface area contributed by atoms with Crippen LogP contribution < -0.4 is 4.74 Å². The summed E-state index contributed by atoms with van der Waals surface area (Å²) in [6.45, 7) is 7.11. The lowest BCUT2D eigenvalue weighted by molar-refractivity contribution is -0.00574. The Kier molecular flexibility index (Phi) is 5.30. The molecule has 7 heteroatoms. The van der Waals surface area contributed by atoms with Crippen LogP contribution in [0.2, 0.25) is 0 Å². The van der Waals surface area contributed by atoms with Crippen LogP contribution in [-0.4, -0.2) is 58.5 Å². The summed E-state index contributed by atoms with van der Waals surface area (Å²) >= 11 is 0. The van der Waals surface area contributed by atoms with Gasteiger partial charge in [-0.05, 0) is 43.2 Å². The number of imide groups is 1. The molecule has 0 bridgehead atoms. The molecule has 2 aromatic rings. The number of benzene rings is 2.